The summed E-state index contributed by atoms with van der Waals surface area (Å²) in [5.74, 6) is 0. The van der Waals surface area contributed by atoms with E-state index >= 15 is 0 Å². The lowest BCUT2D eigenvalue weighted by Crippen LogP contribution is -1.97. The Morgan fingerprint density at radius 1 is 0.533 bits per heavy atom. The molecule has 2 heteroatoms. The lowest BCUT2D eigenvalue weighted by molar-refractivity contribution is 1.05. The minimum atomic E-state index is 0.894. The molecule has 2 aromatic heterocycles. The fourth-order valence-corrected chi connectivity index (χ4v) is 4.16. The van der Waals surface area contributed by atoms with Gasteiger partial charge in [-0.25, -0.2) is 0 Å². The summed E-state index contributed by atoms with van der Waals surface area (Å²) in [7, 11) is 0. The molecule has 0 saturated carbocycles. The monoisotopic (exact) mass is 388 g/mol. The number of pyridine rings is 2. The van der Waals surface area contributed by atoms with Crippen molar-refractivity contribution in [3.05, 3.63) is 96.3 Å². The maximum absolute atomic E-state index is 5.06. The van der Waals surface area contributed by atoms with Crippen LogP contribution in [0.1, 0.15) is 25.2 Å². The third kappa shape index (κ3) is 3.15. The molecule has 0 spiro atoms. The van der Waals surface area contributed by atoms with Crippen molar-refractivity contribution in [1.29, 1.82) is 0 Å². The van der Waals surface area contributed by atoms with Crippen molar-refractivity contribution in [1.82, 2.24) is 9.97 Å². The standard InChI is InChI=1S/C28H24N2/c1-3-21-17-25(19-11-7-5-8-12-19)23-15-16-24-26(20-13-9-6-10-14-20)18-22(4-2)30-28(24)27(23)29-21/h5-18H,3-4H2,1-2H3. The number of aromatic nitrogens is 2. The van der Waals surface area contributed by atoms with Crippen molar-refractivity contribution in [2.24, 2.45) is 0 Å². The first-order valence-electron chi connectivity index (χ1n) is 10.7. The molecular weight excluding hydrogens is 364 g/mol. The smallest absolute Gasteiger partial charge is 0.0974 e. The van der Waals surface area contributed by atoms with Gasteiger partial charge < -0.3 is 0 Å². The van der Waals surface area contributed by atoms with Gasteiger partial charge in [-0.1, -0.05) is 86.6 Å². The average Bonchev–Trinajstić information content (AvgIpc) is 2.83. The molecule has 0 aliphatic heterocycles. The first kappa shape index (κ1) is 18.5. The maximum Gasteiger partial charge on any atom is 0.0974 e. The van der Waals surface area contributed by atoms with Gasteiger partial charge in [0, 0.05) is 22.2 Å². The Morgan fingerprint density at radius 3 is 1.30 bits per heavy atom. The Balaban J connectivity index is 1.90. The van der Waals surface area contributed by atoms with Crippen molar-refractivity contribution >= 4 is 21.8 Å². The first-order chi connectivity index (χ1) is 14.8. The SMILES string of the molecule is CCc1cc(-c2ccccc2)c2ccc3c(-c4ccccc4)cc(CC)nc3c2n1. The van der Waals surface area contributed by atoms with Gasteiger partial charge in [-0.3, -0.25) is 9.97 Å². The number of fused-ring (bicyclic) bond motifs is 3. The number of rotatable bonds is 4. The number of hydrogen-bond acceptors (Lipinski definition) is 2. The summed E-state index contributed by atoms with van der Waals surface area (Å²) in [5, 5.41) is 2.32. The first-order valence-corrected chi connectivity index (χ1v) is 10.7. The van der Waals surface area contributed by atoms with E-state index < -0.39 is 0 Å². The molecule has 0 bridgehead atoms. The zero-order valence-corrected chi connectivity index (χ0v) is 17.4. The molecule has 0 radical (unpaired) electrons. The third-order valence-electron chi connectivity index (χ3n) is 5.76. The molecule has 0 N–H and O–H groups in total. The summed E-state index contributed by atoms with van der Waals surface area (Å²) in [6.07, 6.45) is 1.79. The van der Waals surface area contributed by atoms with Crippen LogP contribution in [0.15, 0.2) is 84.9 Å². The maximum atomic E-state index is 5.06. The second-order valence-electron chi connectivity index (χ2n) is 7.62. The topological polar surface area (TPSA) is 25.8 Å². The van der Waals surface area contributed by atoms with Gasteiger partial charge in [-0.2, -0.15) is 0 Å². The van der Waals surface area contributed by atoms with Crippen LogP contribution in [-0.4, -0.2) is 9.97 Å². The van der Waals surface area contributed by atoms with Crippen molar-refractivity contribution in [3.63, 3.8) is 0 Å². The van der Waals surface area contributed by atoms with E-state index in [2.05, 4.69) is 98.8 Å². The lowest BCUT2D eigenvalue weighted by atomic mass is 9.95. The van der Waals surface area contributed by atoms with Crippen LogP contribution in [0.5, 0.6) is 0 Å². The van der Waals surface area contributed by atoms with Crippen LogP contribution in [0.3, 0.4) is 0 Å². The highest BCUT2D eigenvalue weighted by atomic mass is 14.8. The molecule has 2 nitrogen and oxygen atoms in total. The van der Waals surface area contributed by atoms with Gasteiger partial charge in [0.1, 0.15) is 0 Å². The number of nitrogens with zero attached hydrogens (tertiary/aromatic N) is 2. The van der Waals surface area contributed by atoms with E-state index in [1.807, 2.05) is 0 Å². The molecule has 2 heterocycles. The van der Waals surface area contributed by atoms with Crippen molar-refractivity contribution in [2.75, 3.05) is 0 Å². The predicted molar refractivity (Wildman–Crippen MR) is 127 cm³/mol. The molecule has 0 fully saturated rings. The van der Waals surface area contributed by atoms with E-state index in [4.69, 9.17) is 9.97 Å². The summed E-state index contributed by atoms with van der Waals surface area (Å²) < 4.78 is 0. The molecule has 5 rings (SSSR count). The van der Waals surface area contributed by atoms with Crippen LogP contribution in [0.4, 0.5) is 0 Å². The molecule has 5 aromatic rings. The van der Waals surface area contributed by atoms with Gasteiger partial charge in [0.2, 0.25) is 0 Å². The van der Waals surface area contributed by atoms with Crippen LogP contribution in [-0.2, 0) is 12.8 Å². The minimum absolute atomic E-state index is 0.894. The van der Waals surface area contributed by atoms with Crippen LogP contribution in [0.25, 0.3) is 44.1 Å². The Bertz CT molecular complexity index is 1230. The molecule has 0 aliphatic rings. The normalized spacial score (nSPS) is 11.3. The van der Waals surface area contributed by atoms with E-state index in [1.54, 1.807) is 0 Å². The number of benzene rings is 3. The quantitative estimate of drug-likeness (QED) is 0.303. The fourth-order valence-electron chi connectivity index (χ4n) is 4.16. The molecule has 0 aliphatic carbocycles. The summed E-state index contributed by atoms with van der Waals surface area (Å²) in [6, 6.07) is 30.1. The summed E-state index contributed by atoms with van der Waals surface area (Å²) in [6.45, 7) is 4.32. The Morgan fingerprint density at radius 2 is 0.933 bits per heavy atom. The Hall–Kier alpha value is -3.52. The van der Waals surface area contributed by atoms with Gasteiger partial charge in [0.05, 0.1) is 11.0 Å². The number of aryl methyl sites for hydroxylation is 2. The van der Waals surface area contributed by atoms with E-state index in [9.17, 15) is 0 Å². The largest absolute Gasteiger partial charge is 0.251 e. The highest BCUT2D eigenvalue weighted by Gasteiger charge is 2.15. The summed E-state index contributed by atoms with van der Waals surface area (Å²) >= 11 is 0. The average molecular weight is 389 g/mol. The second-order valence-corrected chi connectivity index (χ2v) is 7.62. The third-order valence-corrected chi connectivity index (χ3v) is 5.76. The molecule has 3 aromatic carbocycles. The Labute approximate surface area is 177 Å². The highest BCUT2D eigenvalue weighted by Crippen LogP contribution is 2.36. The zero-order chi connectivity index (χ0) is 20.5. The van der Waals surface area contributed by atoms with Gasteiger partial charge in [0.15, 0.2) is 0 Å². The second kappa shape index (κ2) is 7.72. The van der Waals surface area contributed by atoms with Gasteiger partial charge in [-0.05, 0) is 47.2 Å². The van der Waals surface area contributed by atoms with Crippen molar-refractivity contribution in [2.45, 2.75) is 26.7 Å². The predicted octanol–water partition coefficient (Wildman–Crippen LogP) is 7.24. The van der Waals surface area contributed by atoms with Crippen molar-refractivity contribution in [3.8, 4) is 22.3 Å². The van der Waals surface area contributed by atoms with Crippen LogP contribution >= 0.6 is 0 Å². The molecule has 0 saturated heterocycles. The van der Waals surface area contributed by atoms with Crippen LogP contribution < -0.4 is 0 Å². The summed E-state index contributed by atoms with van der Waals surface area (Å²) in [4.78, 5) is 10.1. The Kier molecular flexibility index (Phi) is 4.76. The molecule has 30 heavy (non-hydrogen) atoms. The highest BCUT2D eigenvalue weighted by molar-refractivity contribution is 6.12. The lowest BCUT2D eigenvalue weighted by Gasteiger charge is -2.14. The van der Waals surface area contributed by atoms with E-state index in [0.717, 1.165) is 46.0 Å². The van der Waals surface area contributed by atoms with Gasteiger partial charge in [0.25, 0.3) is 0 Å². The van der Waals surface area contributed by atoms with Gasteiger partial charge >= 0.3 is 0 Å². The molecule has 0 unspecified atom stereocenters. The molecule has 0 atom stereocenters. The van der Waals surface area contributed by atoms with E-state index in [0.29, 0.717) is 0 Å². The van der Waals surface area contributed by atoms with Crippen LogP contribution in [0.2, 0.25) is 0 Å². The molecular formula is C28H24N2. The minimum Gasteiger partial charge on any atom is -0.251 e. The fraction of sp³-hybridized carbons (Fsp3) is 0.143. The van der Waals surface area contributed by atoms with Crippen LogP contribution in [0, 0.1) is 0 Å². The zero-order valence-electron chi connectivity index (χ0n) is 17.4. The van der Waals surface area contributed by atoms with E-state index in [1.165, 1.54) is 22.3 Å². The molecule has 146 valence electrons. The molecule has 0 amide bonds. The van der Waals surface area contributed by atoms with Crippen molar-refractivity contribution < 1.29 is 0 Å². The van der Waals surface area contributed by atoms with Gasteiger partial charge in [-0.15, -0.1) is 0 Å². The number of hydrogen-bond donors (Lipinski definition) is 0. The van der Waals surface area contributed by atoms with E-state index in [-0.39, 0.29) is 0 Å². The summed E-state index contributed by atoms with van der Waals surface area (Å²) in [5.41, 5.74) is 9.07.